The molecule has 0 saturated heterocycles. The van der Waals surface area contributed by atoms with Crippen LogP contribution < -0.4 is 0 Å². The molecule has 40 heavy (non-hydrogen) atoms. The second-order valence-corrected chi connectivity index (χ2v) is 10.7. The minimum Gasteiger partial charge on any atom is -0.292 e. The Morgan fingerprint density at radius 3 is 1.90 bits per heavy atom. The zero-order valence-electron chi connectivity index (χ0n) is 28.4. The zero-order valence-corrected chi connectivity index (χ0v) is 23.4. The van der Waals surface area contributed by atoms with Gasteiger partial charge >= 0.3 is 0 Å². The molecule has 0 radical (unpaired) electrons. The van der Waals surface area contributed by atoms with E-state index in [9.17, 15) is 0 Å². The SMILES string of the molecule is [2H]C([2H])([2H])c1ccc(-c2nc3ccccc3n2-c2c(C([2H])(C)C)cccc2C([2H])(C)C)cc1-c1ccc(-c2ccccc2)cc1. The van der Waals surface area contributed by atoms with E-state index in [0.717, 1.165) is 50.1 Å². The summed E-state index contributed by atoms with van der Waals surface area (Å²) in [6.07, 6.45) is 0. The van der Waals surface area contributed by atoms with Crippen molar-refractivity contribution in [3.05, 3.63) is 132 Å². The summed E-state index contributed by atoms with van der Waals surface area (Å²) in [5, 5.41) is 0. The van der Waals surface area contributed by atoms with Crippen molar-refractivity contribution in [1.29, 1.82) is 0 Å². The van der Waals surface area contributed by atoms with E-state index in [4.69, 9.17) is 11.8 Å². The fourth-order valence-corrected chi connectivity index (χ4v) is 5.43. The molecule has 0 N–H and O–H groups in total. The average Bonchev–Trinajstić information content (AvgIpc) is 3.39. The summed E-state index contributed by atoms with van der Waals surface area (Å²) < 4.78 is 45.2. The van der Waals surface area contributed by atoms with Gasteiger partial charge in [0.05, 0.1) is 16.7 Å². The molecule has 0 unspecified atom stereocenters. The lowest BCUT2D eigenvalue weighted by molar-refractivity contribution is 0.811. The molecule has 0 saturated carbocycles. The van der Waals surface area contributed by atoms with E-state index in [1.165, 1.54) is 0 Å². The minimum absolute atomic E-state index is 0.266. The van der Waals surface area contributed by atoms with Crippen LogP contribution in [0.2, 0.25) is 0 Å². The Hall–Kier alpha value is -4.43. The van der Waals surface area contributed by atoms with Crippen molar-refractivity contribution in [1.82, 2.24) is 9.55 Å². The van der Waals surface area contributed by atoms with E-state index in [1.54, 1.807) is 6.07 Å². The van der Waals surface area contributed by atoms with Crippen LogP contribution in [0.4, 0.5) is 0 Å². The summed E-state index contributed by atoms with van der Waals surface area (Å²) in [7, 11) is 0. The number of aromatic nitrogens is 2. The van der Waals surface area contributed by atoms with Crippen molar-refractivity contribution in [3.8, 4) is 39.3 Å². The van der Waals surface area contributed by atoms with E-state index >= 15 is 0 Å². The van der Waals surface area contributed by atoms with Gasteiger partial charge in [-0.05, 0) is 75.8 Å². The van der Waals surface area contributed by atoms with Crippen molar-refractivity contribution in [2.24, 2.45) is 0 Å². The highest BCUT2D eigenvalue weighted by Gasteiger charge is 2.22. The molecule has 0 bridgehead atoms. The van der Waals surface area contributed by atoms with Gasteiger partial charge in [-0.25, -0.2) is 4.98 Å². The first-order chi connectivity index (χ1) is 21.2. The third-order valence-corrected chi connectivity index (χ3v) is 7.48. The third kappa shape index (κ3) is 4.64. The van der Waals surface area contributed by atoms with E-state index in [-0.39, 0.29) is 5.56 Å². The Kier molecular flexibility index (Phi) is 5.43. The topological polar surface area (TPSA) is 17.8 Å². The summed E-state index contributed by atoms with van der Waals surface area (Å²) in [6, 6.07) is 37.2. The van der Waals surface area contributed by atoms with Crippen LogP contribution in [0.15, 0.2) is 115 Å². The first-order valence-electron chi connectivity index (χ1n) is 16.2. The van der Waals surface area contributed by atoms with Crippen LogP contribution in [-0.2, 0) is 0 Å². The summed E-state index contributed by atoms with van der Waals surface area (Å²) in [4.78, 5) is 5.09. The molecule has 0 aliphatic rings. The summed E-state index contributed by atoms with van der Waals surface area (Å²) in [6.45, 7) is 5.10. The van der Waals surface area contributed by atoms with Crippen LogP contribution in [0.5, 0.6) is 0 Å². The molecule has 2 nitrogen and oxygen atoms in total. The van der Waals surface area contributed by atoms with Crippen LogP contribution in [0.25, 0.3) is 50.4 Å². The van der Waals surface area contributed by atoms with Crippen molar-refractivity contribution >= 4 is 11.0 Å². The third-order valence-electron chi connectivity index (χ3n) is 7.48. The van der Waals surface area contributed by atoms with Gasteiger partial charge in [-0.15, -0.1) is 0 Å². The maximum absolute atomic E-state index is 9.07. The molecule has 1 aromatic heterocycles. The van der Waals surface area contributed by atoms with Gasteiger partial charge in [-0.1, -0.05) is 125 Å². The van der Waals surface area contributed by atoms with Gasteiger partial charge in [0.2, 0.25) is 0 Å². The Balaban J connectivity index is 1.62. The summed E-state index contributed by atoms with van der Waals surface area (Å²) in [5.41, 5.74) is 8.49. The molecular formula is C38H36N2. The highest BCUT2D eigenvalue weighted by molar-refractivity contribution is 5.85. The number of imidazole rings is 1. The van der Waals surface area contributed by atoms with Gasteiger partial charge in [0, 0.05) is 12.4 Å². The van der Waals surface area contributed by atoms with Crippen LogP contribution in [0.1, 0.15) is 63.0 Å². The number of aryl methyl sites for hydroxylation is 1. The number of hydrogen-bond acceptors (Lipinski definition) is 1. The molecule has 198 valence electrons. The molecule has 2 heteroatoms. The van der Waals surface area contributed by atoms with Crippen LogP contribution in [0, 0.1) is 6.85 Å². The van der Waals surface area contributed by atoms with Gasteiger partial charge in [0.1, 0.15) is 5.82 Å². The quantitative estimate of drug-likeness (QED) is 0.211. The van der Waals surface area contributed by atoms with E-state index in [2.05, 4.69) is 16.7 Å². The summed E-state index contributed by atoms with van der Waals surface area (Å²) >= 11 is 0. The molecule has 0 aliphatic carbocycles. The monoisotopic (exact) mass is 525 g/mol. The van der Waals surface area contributed by atoms with Gasteiger partial charge in [0.25, 0.3) is 0 Å². The Bertz CT molecular complexity index is 1960. The Labute approximate surface area is 245 Å². The second kappa shape index (κ2) is 10.6. The second-order valence-electron chi connectivity index (χ2n) is 10.7. The number of rotatable bonds is 6. The summed E-state index contributed by atoms with van der Waals surface area (Å²) in [5.74, 6) is -1.30. The van der Waals surface area contributed by atoms with Crippen LogP contribution >= 0.6 is 0 Å². The van der Waals surface area contributed by atoms with Crippen molar-refractivity contribution in [3.63, 3.8) is 0 Å². The van der Waals surface area contributed by atoms with Crippen LogP contribution in [0.3, 0.4) is 0 Å². The fourth-order valence-electron chi connectivity index (χ4n) is 5.43. The zero-order chi connectivity index (χ0) is 32.1. The number of nitrogens with zero attached hydrogens (tertiary/aromatic N) is 2. The normalized spacial score (nSPS) is 14.2. The van der Waals surface area contributed by atoms with Gasteiger partial charge in [-0.3, -0.25) is 4.57 Å². The first-order valence-corrected chi connectivity index (χ1v) is 13.7. The van der Waals surface area contributed by atoms with E-state index in [0.29, 0.717) is 11.4 Å². The Morgan fingerprint density at radius 2 is 1.23 bits per heavy atom. The van der Waals surface area contributed by atoms with Crippen molar-refractivity contribution < 1.29 is 6.85 Å². The van der Waals surface area contributed by atoms with Crippen molar-refractivity contribution in [2.45, 2.75) is 46.3 Å². The molecule has 1 heterocycles. The number of hydrogen-bond donors (Lipinski definition) is 0. The lowest BCUT2D eigenvalue weighted by Crippen LogP contribution is -2.08. The predicted molar refractivity (Wildman–Crippen MR) is 170 cm³/mol. The lowest BCUT2D eigenvalue weighted by atomic mass is 9.92. The standard InChI is InChI=1S/C38H36N2/c1-25(2)32-14-11-15-33(26(3)4)37(32)40-36-17-10-9-16-35(36)39-38(40)31-19-18-27(5)34(24-31)30-22-20-29(21-23-30)28-12-7-6-8-13-28/h6-26H,1-5H3/i5D3,25D,26D. The van der Waals surface area contributed by atoms with Crippen LogP contribution in [-0.4, -0.2) is 9.55 Å². The number of fused-ring (bicyclic) bond motifs is 1. The van der Waals surface area contributed by atoms with E-state index < -0.39 is 18.6 Å². The molecule has 6 rings (SSSR count). The minimum atomic E-state index is -2.32. The smallest absolute Gasteiger partial charge is 0.145 e. The van der Waals surface area contributed by atoms with Gasteiger partial charge < -0.3 is 0 Å². The van der Waals surface area contributed by atoms with Gasteiger partial charge in [-0.2, -0.15) is 0 Å². The highest BCUT2D eigenvalue weighted by atomic mass is 15.1. The van der Waals surface area contributed by atoms with E-state index in [1.807, 2.05) is 125 Å². The number of benzene rings is 5. The molecule has 0 aliphatic heterocycles. The predicted octanol–water partition coefficient (Wildman–Crippen LogP) is 10.6. The largest absolute Gasteiger partial charge is 0.292 e. The molecule has 5 aromatic carbocycles. The molecule has 6 aromatic rings. The Morgan fingerprint density at radius 1 is 0.625 bits per heavy atom. The number of para-hydroxylation sites is 3. The fraction of sp³-hybridized carbons (Fsp3) is 0.184. The molecular weight excluding hydrogens is 484 g/mol. The lowest BCUT2D eigenvalue weighted by Gasteiger charge is -2.22. The van der Waals surface area contributed by atoms with Crippen molar-refractivity contribution in [2.75, 3.05) is 0 Å². The average molecular weight is 526 g/mol. The molecule has 0 atom stereocenters. The van der Waals surface area contributed by atoms with Gasteiger partial charge in [0.15, 0.2) is 0 Å². The maximum Gasteiger partial charge on any atom is 0.145 e. The molecule has 0 spiro atoms. The molecule has 0 amide bonds. The first kappa shape index (κ1) is 20.5. The maximum atomic E-state index is 9.07. The highest BCUT2D eigenvalue weighted by Crippen LogP contribution is 2.38. The molecule has 0 fully saturated rings.